The van der Waals surface area contributed by atoms with Crippen LogP contribution in [0.2, 0.25) is 0 Å². The summed E-state index contributed by atoms with van der Waals surface area (Å²) in [4.78, 5) is 24.7. The normalized spacial score (nSPS) is 18.7. The van der Waals surface area contributed by atoms with Crippen molar-refractivity contribution in [2.75, 3.05) is 19.6 Å². The summed E-state index contributed by atoms with van der Waals surface area (Å²) in [5.41, 5.74) is -0.669. The second-order valence-corrected chi connectivity index (χ2v) is 6.75. The highest BCUT2D eigenvalue weighted by Crippen LogP contribution is 2.14. The highest BCUT2D eigenvalue weighted by molar-refractivity contribution is 5.98. The van der Waals surface area contributed by atoms with E-state index < -0.39 is 29.1 Å². The highest BCUT2D eigenvalue weighted by atomic mass is 19.1. The van der Waals surface area contributed by atoms with Crippen molar-refractivity contribution in [1.82, 2.24) is 16.0 Å². The zero-order chi connectivity index (χ0) is 18.4. The molecule has 2 atom stereocenters. The summed E-state index contributed by atoms with van der Waals surface area (Å²) in [5, 5.41) is 8.57. The summed E-state index contributed by atoms with van der Waals surface area (Å²) in [5.74, 6) is -3.04. The number of nitrogens with one attached hydrogen (secondary N) is 3. The number of carbonyl (C=O) groups excluding carboxylic acids is 2. The molecule has 7 heteroatoms. The number of benzene rings is 1. The van der Waals surface area contributed by atoms with Crippen LogP contribution in [0.3, 0.4) is 0 Å². The Hall–Kier alpha value is -2.02. The number of halogens is 2. The molecule has 0 saturated carbocycles. The molecule has 1 heterocycles. The molecule has 1 aliphatic rings. The van der Waals surface area contributed by atoms with Crippen LogP contribution in [0.4, 0.5) is 8.78 Å². The van der Waals surface area contributed by atoms with Gasteiger partial charge in [0.25, 0.3) is 5.91 Å². The van der Waals surface area contributed by atoms with Crippen LogP contribution in [0.5, 0.6) is 0 Å². The van der Waals surface area contributed by atoms with Gasteiger partial charge in [-0.05, 0) is 49.9 Å². The van der Waals surface area contributed by atoms with Gasteiger partial charge >= 0.3 is 0 Å². The smallest absolute Gasteiger partial charge is 0.257 e. The molecule has 1 aromatic rings. The number of piperidine rings is 1. The number of hydrogen-bond donors (Lipinski definition) is 3. The van der Waals surface area contributed by atoms with Crippen LogP contribution < -0.4 is 16.0 Å². The van der Waals surface area contributed by atoms with Crippen molar-refractivity contribution in [3.05, 3.63) is 35.4 Å². The fourth-order valence-corrected chi connectivity index (χ4v) is 2.92. The molecule has 0 spiro atoms. The Balaban J connectivity index is 1.99. The summed E-state index contributed by atoms with van der Waals surface area (Å²) in [6.45, 7) is 5.89. The van der Waals surface area contributed by atoms with E-state index in [1.54, 1.807) is 13.8 Å². The second-order valence-electron chi connectivity index (χ2n) is 6.75. The van der Waals surface area contributed by atoms with Crippen LogP contribution >= 0.6 is 0 Å². The molecule has 25 heavy (non-hydrogen) atoms. The summed E-state index contributed by atoms with van der Waals surface area (Å²) < 4.78 is 27.5. The molecular formula is C18H25F2N3O2. The molecule has 1 aromatic carbocycles. The maximum absolute atomic E-state index is 13.7. The van der Waals surface area contributed by atoms with Crippen molar-refractivity contribution < 1.29 is 18.4 Å². The van der Waals surface area contributed by atoms with Gasteiger partial charge in [0.2, 0.25) is 5.91 Å². The van der Waals surface area contributed by atoms with Gasteiger partial charge < -0.3 is 16.0 Å². The summed E-state index contributed by atoms with van der Waals surface area (Å²) in [7, 11) is 0. The second kappa shape index (κ2) is 8.89. The van der Waals surface area contributed by atoms with Gasteiger partial charge in [0.15, 0.2) is 0 Å². The lowest BCUT2D eigenvalue weighted by Crippen LogP contribution is -2.51. The van der Waals surface area contributed by atoms with Gasteiger partial charge in [-0.2, -0.15) is 0 Å². The Morgan fingerprint density at radius 1 is 1.28 bits per heavy atom. The Kier molecular flexibility index (Phi) is 6.87. The molecular weight excluding hydrogens is 328 g/mol. The zero-order valence-electron chi connectivity index (χ0n) is 14.6. The predicted molar refractivity (Wildman–Crippen MR) is 91.1 cm³/mol. The Morgan fingerprint density at radius 2 is 1.96 bits per heavy atom. The summed E-state index contributed by atoms with van der Waals surface area (Å²) in [6, 6.07) is 2.35. The van der Waals surface area contributed by atoms with Crippen LogP contribution in [0.1, 0.15) is 37.0 Å². The van der Waals surface area contributed by atoms with Gasteiger partial charge in [-0.3, -0.25) is 9.59 Å². The van der Waals surface area contributed by atoms with Gasteiger partial charge in [0.1, 0.15) is 23.2 Å². The van der Waals surface area contributed by atoms with Crippen molar-refractivity contribution in [3.63, 3.8) is 0 Å². The van der Waals surface area contributed by atoms with Crippen molar-refractivity contribution >= 4 is 11.8 Å². The monoisotopic (exact) mass is 353 g/mol. The van der Waals surface area contributed by atoms with Crippen molar-refractivity contribution in [1.29, 1.82) is 0 Å². The Labute approximate surface area is 146 Å². The van der Waals surface area contributed by atoms with E-state index in [-0.39, 0.29) is 11.8 Å². The van der Waals surface area contributed by atoms with Crippen LogP contribution in [-0.2, 0) is 4.79 Å². The van der Waals surface area contributed by atoms with Crippen LogP contribution in [0.15, 0.2) is 18.2 Å². The maximum atomic E-state index is 13.7. The van der Waals surface area contributed by atoms with Crippen molar-refractivity contribution in [2.45, 2.75) is 32.7 Å². The van der Waals surface area contributed by atoms with E-state index in [1.807, 2.05) is 0 Å². The van der Waals surface area contributed by atoms with Gasteiger partial charge in [-0.25, -0.2) is 8.78 Å². The van der Waals surface area contributed by atoms with E-state index in [0.717, 1.165) is 38.1 Å². The van der Waals surface area contributed by atoms with E-state index in [0.29, 0.717) is 12.5 Å². The molecule has 1 saturated heterocycles. The molecule has 0 aliphatic carbocycles. The first-order chi connectivity index (χ1) is 11.9. The fourth-order valence-electron chi connectivity index (χ4n) is 2.92. The molecule has 2 amide bonds. The Bertz CT molecular complexity index is 596. The standard InChI is InChI=1S/C18H25F2N3O2/c1-11(2)16(18(25)22-10-12-5-4-8-21-9-12)23-17(24)15-13(19)6-3-7-14(15)20/h3,6-7,11-12,16,21H,4-5,8-10H2,1-2H3,(H,22,25)(H,23,24). The third-order valence-corrected chi connectivity index (χ3v) is 4.39. The van der Waals surface area contributed by atoms with Crippen molar-refractivity contribution in [3.8, 4) is 0 Å². The maximum Gasteiger partial charge on any atom is 0.257 e. The average molecular weight is 353 g/mol. The summed E-state index contributed by atoms with van der Waals surface area (Å²) in [6.07, 6.45) is 2.10. The molecule has 1 fully saturated rings. The lowest BCUT2D eigenvalue weighted by molar-refractivity contribution is -0.124. The third-order valence-electron chi connectivity index (χ3n) is 4.39. The van der Waals surface area contributed by atoms with Crippen molar-refractivity contribution in [2.24, 2.45) is 11.8 Å². The van der Waals surface area contributed by atoms with E-state index >= 15 is 0 Å². The molecule has 2 unspecified atom stereocenters. The van der Waals surface area contributed by atoms with Gasteiger partial charge in [0.05, 0.1) is 0 Å². The van der Waals surface area contributed by atoms with Crippen LogP contribution in [0.25, 0.3) is 0 Å². The average Bonchev–Trinajstić information content (AvgIpc) is 2.58. The zero-order valence-corrected chi connectivity index (χ0v) is 14.6. The van der Waals surface area contributed by atoms with Crippen LogP contribution in [-0.4, -0.2) is 37.5 Å². The van der Waals surface area contributed by atoms with Crippen LogP contribution in [0, 0.1) is 23.5 Å². The topological polar surface area (TPSA) is 70.2 Å². The molecule has 5 nitrogen and oxygen atoms in total. The molecule has 1 aliphatic heterocycles. The van der Waals surface area contributed by atoms with Gasteiger partial charge in [-0.1, -0.05) is 19.9 Å². The quantitative estimate of drug-likeness (QED) is 0.731. The third kappa shape index (κ3) is 5.22. The SMILES string of the molecule is CC(C)C(NC(=O)c1c(F)cccc1F)C(=O)NCC1CCCNC1. The first-order valence-electron chi connectivity index (χ1n) is 8.63. The summed E-state index contributed by atoms with van der Waals surface area (Å²) >= 11 is 0. The minimum atomic E-state index is -0.950. The van der Waals surface area contributed by atoms with E-state index in [2.05, 4.69) is 16.0 Å². The van der Waals surface area contributed by atoms with Gasteiger partial charge in [0, 0.05) is 6.54 Å². The van der Waals surface area contributed by atoms with E-state index in [9.17, 15) is 18.4 Å². The van der Waals surface area contributed by atoms with E-state index in [1.165, 1.54) is 6.07 Å². The lowest BCUT2D eigenvalue weighted by Gasteiger charge is -2.26. The molecule has 0 bridgehead atoms. The number of carbonyl (C=O) groups is 2. The molecule has 138 valence electrons. The largest absolute Gasteiger partial charge is 0.354 e. The lowest BCUT2D eigenvalue weighted by atomic mass is 9.98. The molecule has 3 N–H and O–H groups in total. The Morgan fingerprint density at radius 3 is 2.52 bits per heavy atom. The molecule has 0 aromatic heterocycles. The molecule has 0 radical (unpaired) electrons. The highest BCUT2D eigenvalue weighted by Gasteiger charge is 2.27. The van der Waals surface area contributed by atoms with E-state index in [4.69, 9.17) is 0 Å². The minimum absolute atomic E-state index is 0.219. The minimum Gasteiger partial charge on any atom is -0.354 e. The number of rotatable bonds is 6. The predicted octanol–water partition coefficient (Wildman–Crippen LogP) is 1.83. The fraction of sp³-hybridized carbons (Fsp3) is 0.556. The number of amides is 2. The number of hydrogen-bond acceptors (Lipinski definition) is 3. The first-order valence-corrected chi connectivity index (χ1v) is 8.63. The van der Waals surface area contributed by atoms with Gasteiger partial charge in [-0.15, -0.1) is 0 Å². The first kappa shape index (κ1) is 19.3. The molecule has 2 rings (SSSR count).